The quantitative estimate of drug-likeness (QED) is 0.528. The lowest BCUT2D eigenvalue weighted by Crippen LogP contribution is -2.10. The molecule has 1 rings (SSSR count). The smallest absolute Gasteiger partial charge is 0.0224 e. The summed E-state index contributed by atoms with van der Waals surface area (Å²) in [5, 5.41) is 0. The third-order valence-electron chi connectivity index (χ3n) is 3.71. The molecule has 0 aromatic carbocycles. The van der Waals surface area contributed by atoms with Crippen LogP contribution < -0.4 is 0 Å². The lowest BCUT2D eigenvalue weighted by Gasteiger charge is -2.10. The Morgan fingerprint density at radius 1 is 1.12 bits per heavy atom. The fraction of sp³-hybridized carbons (Fsp3) is 1.00. The van der Waals surface area contributed by atoms with Gasteiger partial charge in [-0.3, -0.25) is 4.90 Å². The Morgan fingerprint density at radius 2 is 1.81 bits per heavy atom. The number of unbranched alkanes of at least 4 members (excludes halogenated alkanes) is 1. The van der Waals surface area contributed by atoms with E-state index in [1.807, 2.05) is 0 Å². The molecule has 1 nitrogen and oxygen atoms in total. The maximum Gasteiger partial charge on any atom is 0.0224 e. The first-order valence-electron chi connectivity index (χ1n) is 7.37. The van der Waals surface area contributed by atoms with Crippen LogP contribution in [0.25, 0.3) is 0 Å². The molecule has 0 bridgehead atoms. The highest BCUT2D eigenvalue weighted by atomic mass is 15.3. The molecule has 0 aliphatic carbocycles. The predicted molar refractivity (Wildman–Crippen MR) is 72.7 cm³/mol. The molecule has 16 heavy (non-hydrogen) atoms. The molecule has 3 atom stereocenters. The normalized spacial score (nSPS) is 26.1. The standard InChI is InChI=1S/C15H31N/c1-5-6-8-14(4)9-7-10-15-12-16(15)11-13(2)3/h13-15H,5-12H2,1-4H3. The summed E-state index contributed by atoms with van der Waals surface area (Å²) in [5.41, 5.74) is 0. The van der Waals surface area contributed by atoms with Crippen molar-refractivity contribution in [3.8, 4) is 0 Å². The van der Waals surface area contributed by atoms with Crippen molar-refractivity contribution in [2.45, 2.75) is 72.3 Å². The minimum atomic E-state index is 0.841. The minimum absolute atomic E-state index is 0.841. The Bertz CT molecular complexity index is 176. The fourth-order valence-electron chi connectivity index (χ4n) is 2.59. The molecule has 0 radical (unpaired) electrons. The van der Waals surface area contributed by atoms with Crippen LogP contribution in [0.2, 0.25) is 0 Å². The Hall–Kier alpha value is -0.0400. The highest BCUT2D eigenvalue weighted by molar-refractivity contribution is 4.89. The van der Waals surface area contributed by atoms with Gasteiger partial charge in [-0.25, -0.2) is 0 Å². The summed E-state index contributed by atoms with van der Waals surface area (Å²) < 4.78 is 0. The summed E-state index contributed by atoms with van der Waals surface area (Å²) in [5.74, 6) is 1.80. The van der Waals surface area contributed by atoms with Gasteiger partial charge in [0.25, 0.3) is 0 Å². The SMILES string of the molecule is CCCCC(C)CCCC1CN1CC(C)C. The summed E-state index contributed by atoms with van der Waals surface area (Å²) in [4.78, 5) is 2.64. The molecule has 3 unspecified atom stereocenters. The third-order valence-corrected chi connectivity index (χ3v) is 3.71. The molecule has 1 heteroatoms. The third kappa shape index (κ3) is 5.89. The van der Waals surface area contributed by atoms with Crippen molar-refractivity contribution in [3.05, 3.63) is 0 Å². The topological polar surface area (TPSA) is 3.01 Å². The van der Waals surface area contributed by atoms with E-state index in [1.54, 1.807) is 0 Å². The first-order valence-corrected chi connectivity index (χ1v) is 7.37. The molecule has 0 saturated carbocycles. The zero-order chi connectivity index (χ0) is 12.0. The second kappa shape index (κ2) is 7.32. The summed E-state index contributed by atoms with van der Waals surface area (Å²) in [6, 6.07) is 0.945. The van der Waals surface area contributed by atoms with E-state index in [0.29, 0.717) is 0 Å². The van der Waals surface area contributed by atoms with Crippen LogP contribution in [0.5, 0.6) is 0 Å². The summed E-state index contributed by atoms with van der Waals surface area (Å²) >= 11 is 0. The Balaban J connectivity index is 1.93. The minimum Gasteiger partial charge on any atom is -0.297 e. The van der Waals surface area contributed by atoms with E-state index in [0.717, 1.165) is 17.9 Å². The van der Waals surface area contributed by atoms with E-state index in [4.69, 9.17) is 0 Å². The van der Waals surface area contributed by atoms with Crippen LogP contribution in [0, 0.1) is 11.8 Å². The van der Waals surface area contributed by atoms with Crippen molar-refractivity contribution in [1.29, 1.82) is 0 Å². The van der Waals surface area contributed by atoms with E-state index in [-0.39, 0.29) is 0 Å². The molecule has 0 N–H and O–H groups in total. The van der Waals surface area contributed by atoms with Crippen molar-refractivity contribution >= 4 is 0 Å². The zero-order valence-corrected chi connectivity index (χ0v) is 11.8. The number of rotatable bonds is 9. The van der Waals surface area contributed by atoms with Crippen molar-refractivity contribution in [2.24, 2.45) is 11.8 Å². The Morgan fingerprint density at radius 3 is 2.44 bits per heavy atom. The lowest BCUT2D eigenvalue weighted by atomic mass is 9.97. The van der Waals surface area contributed by atoms with Gasteiger partial charge in [0.05, 0.1) is 0 Å². The summed E-state index contributed by atoms with van der Waals surface area (Å²) in [7, 11) is 0. The maximum absolute atomic E-state index is 2.64. The van der Waals surface area contributed by atoms with Crippen LogP contribution in [0.3, 0.4) is 0 Å². The molecule has 0 aromatic heterocycles. The second-order valence-electron chi connectivity index (χ2n) is 6.18. The molecular formula is C15H31N. The van der Waals surface area contributed by atoms with Crippen LogP contribution in [0.15, 0.2) is 0 Å². The van der Waals surface area contributed by atoms with E-state index >= 15 is 0 Å². The van der Waals surface area contributed by atoms with Crippen LogP contribution in [0.1, 0.15) is 66.2 Å². The molecule has 1 saturated heterocycles. The number of hydrogen-bond donors (Lipinski definition) is 0. The lowest BCUT2D eigenvalue weighted by molar-refractivity contribution is 0.399. The van der Waals surface area contributed by atoms with Gasteiger partial charge >= 0.3 is 0 Å². The summed E-state index contributed by atoms with van der Waals surface area (Å²) in [6.07, 6.45) is 8.56. The second-order valence-corrected chi connectivity index (χ2v) is 6.18. The van der Waals surface area contributed by atoms with Gasteiger partial charge in [0.1, 0.15) is 0 Å². The molecule has 0 amide bonds. The molecule has 1 fully saturated rings. The van der Waals surface area contributed by atoms with Crippen LogP contribution >= 0.6 is 0 Å². The van der Waals surface area contributed by atoms with Crippen molar-refractivity contribution in [1.82, 2.24) is 4.90 Å². The predicted octanol–water partition coefficient (Wildman–Crippen LogP) is 4.32. The average molecular weight is 225 g/mol. The van der Waals surface area contributed by atoms with Gasteiger partial charge in [-0.15, -0.1) is 0 Å². The first-order chi connectivity index (χ1) is 7.63. The van der Waals surface area contributed by atoms with Gasteiger partial charge in [-0.2, -0.15) is 0 Å². The van der Waals surface area contributed by atoms with Crippen LogP contribution in [-0.2, 0) is 0 Å². The molecular weight excluding hydrogens is 194 g/mol. The van der Waals surface area contributed by atoms with Crippen molar-refractivity contribution < 1.29 is 0 Å². The van der Waals surface area contributed by atoms with E-state index in [9.17, 15) is 0 Å². The molecule has 96 valence electrons. The van der Waals surface area contributed by atoms with Gasteiger partial charge in [-0.05, 0) is 18.3 Å². The molecule has 1 heterocycles. The van der Waals surface area contributed by atoms with Crippen LogP contribution in [0.4, 0.5) is 0 Å². The van der Waals surface area contributed by atoms with Gasteiger partial charge in [-0.1, -0.05) is 59.8 Å². The fourth-order valence-corrected chi connectivity index (χ4v) is 2.59. The van der Waals surface area contributed by atoms with Gasteiger partial charge in [0.15, 0.2) is 0 Å². The number of nitrogens with zero attached hydrogens (tertiary/aromatic N) is 1. The van der Waals surface area contributed by atoms with E-state index < -0.39 is 0 Å². The first kappa shape index (κ1) is 14.0. The molecule has 1 aliphatic rings. The van der Waals surface area contributed by atoms with Crippen LogP contribution in [-0.4, -0.2) is 24.0 Å². The van der Waals surface area contributed by atoms with E-state index in [2.05, 4.69) is 32.6 Å². The Kier molecular flexibility index (Phi) is 6.41. The highest BCUT2D eigenvalue weighted by Gasteiger charge is 2.32. The van der Waals surface area contributed by atoms with Crippen molar-refractivity contribution in [2.75, 3.05) is 13.1 Å². The Labute approximate surface area is 103 Å². The molecule has 1 aliphatic heterocycles. The monoisotopic (exact) mass is 225 g/mol. The van der Waals surface area contributed by atoms with Crippen molar-refractivity contribution in [3.63, 3.8) is 0 Å². The maximum atomic E-state index is 2.64. The zero-order valence-electron chi connectivity index (χ0n) is 11.8. The number of hydrogen-bond acceptors (Lipinski definition) is 1. The largest absolute Gasteiger partial charge is 0.297 e. The molecule has 0 spiro atoms. The average Bonchev–Trinajstić information content (AvgIpc) is 2.92. The van der Waals surface area contributed by atoms with Gasteiger partial charge in [0, 0.05) is 19.1 Å². The van der Waals surface area contributed by atoms with E-state index in [1.165, 1.54) is 51.6 Å². The highest BCUT2D eigenvalue weighted by Crippen LogP contribution is 2.25. The van der Waals surface area contributed by atoms with Gasteiger partial charge in [0.2, 0.25) is 0 Å². The van der Waals surface area contributed by atoms with Gasteiger partial charge < -0.3 is 0 Å². The molecule has 0 aromatic rings. The summed E-state index contributed by atoms with van der Waals surface area (Å²) in [6.45, 7) is 12.1.